The fraction of sp³-hybridized carbons (Fsp3) is 0.189. The lowest BCUT2D eigenvalue weighted by molar-refractivity contribution is -0.202. The number of hydrogen-bond acceptors (Lipinski definition) is 7. The first-order valence-corrected chi connectivity index (χ1v) is 15.6. The third-order valence-electron chi connectivity index (χ3n) is 7.67. The molecule has 0 bridgehead atoms. The number of oxime groups is 1. The molecule has 46 heavy (non-hydrogen) atoms. The van der Waals surface area contributed by atoms with E-state index in [1.165, 1.54) is 20.8 Å². The SMILES string of the molecule is C=C(CC(C)N(OC(C)=O)C(C)=O)c1ccc2c(c1)c1cc(C(=C)c3cccs3)ccc1n2-c1ccc(/C(C)=N\OC(C)=O)cc1. The first kappa shape index (κ1) is 32.1. The number of rotatable bonds is 9. The lowest BCUT2D eigenvalue weighted by atomic mass is 9.98. The summed E-state index contributed by atoms with van der Waals surface area (Å²) < 4.78 is 2.21. The molecule has 2 aromatic heterocycles. The number of hydrogen-bond donors (Lipinski definition) is 0. The average molecular weight is 634 g/mol. The van der Waals surface area contributed by atoms with Gasteiger partial charge in [0, 0.05) is 42.1 Å². The van der Waals surface area contributed by atoms with Crippen LogP contribution in [0.15, 0.2) is 96.5 Å². The van der Waals surface area contributed by atoms with Crippen molar-refractivity contribution in [3.63, 3.8) is 0 Å². The van der Waals surface area contributed by atoms with Gasteiger partial charge < -0.3 is 14.2 Å². The number of aromatic nitrogens is 1. The molecule has 3 aromatic carbocycles. The monoisotopic (exact) mass is 633 g/mol. The van der Waals surface area contributed by atoms with Crippen LogP contribution in [0.4, 0.5) is 0 Å². The minimum absolute atomic E-state index is 0.355. The van der Waals surface area contributed by atoms with Crippen LogP contribution in [-0.2, 0) is 24.1 Å². The van der Waals surface area contributed by atoms with Crippen LogP contribution in [0.2, 0.25) is 0 Å². The fourth-order valence-corrected chi connectivity index (χ4v) is 6.22. The highest BCUT2D eigenvalue weighted by molar-refractivity contribution is 7.11. The van der Waals surface area contributed by atoms with Gasteiger partial charge in [-0.15, -0.1) is 11.3 Å². The summed E-state index contributed by atoms with van der Waals surface area (Å²) in [5.74, 6) is -1.38. The Morgan fingerprint density at radius 3 is 2.02 bits per heavy atom. The van der Waals surface area contributed by atoms with E-state index in [-0.39, 0.29) is 5.91 Å². The molecule has 1 atom stereocenters. The van der Waals surface area contributed by atoms with E-state index in [1.54, 1.807) is 18.3 Å². The second kappa shape index (κ2) is 13.4. The van der Waals surface area contributed by atoms with Crippen molar-refractivity contribution in [2.75, 3.05) is 0 Å². The Kier molecular flexibility index (Phi) is 9.34. The molecule has 0 N–H and O–H groups in total. The van der Waals surface area contributed by atoms with E-state index >= 15 is 0 Å². The summed E-state index contributed by atoms with van der Waals surface area (Å²) in [6.07, 6.45) is 0.410. The van der Waals surface area contributed by atoms with Crippen LogP contribution in [0.3, 0.4) is 0 Å². The van der Waals surface area contributed by atoms with Crippen molar-refractivity contribution in [3.8, 4) is 5.69 Å². The van der Waals surface area contributed by atoms with Crippen LogP contribution in [0, 0.1) is 0 Å². The largest absolute Gasteiger partial charge is 0.338 e. The van der Waals surface area contributed by atoms with Crippen molar-refractivity contribution in [3.05, 3.63) is 113 Å². The second-order valence-corrected chi connectivity index (χ2v) is 12.1. The van der Waals surface area contributed by atoms with E-state index in [2.05, 4.69) is 59.3 Å². The molecule has 0 radical (unpaired) electrons. The van der Waals surface area contributed by atoms with Gasteiger partial charge >= 0.3 is 11.9 Å². The van der Waals surface area contributed by atoms with Crippen molar-refractivity contribution in [2.45, 2.75) is 47.1 Å². The van der Waals surface area contributed by atoms with Gasteiger partial charge in [0.2, 0.25) is 0 Å². The van der Waals surface area contributed by atoms with Gasteiger partial charge in [0.05, 0.1) is 22.8 Å². The van der Waals surface area contributed by atoms with Gasteiger partial charge in [0.25, 0.3) is 5.91 Å². The molecule has 1 amide bonds. The van der Waals surface area contributed by atoms with Crippen molar-refractivity contribution in [2.24, 2.45) is 5.16 Å². The molecular weight excluding hydrogens is 598 g/mol. The quantitative estimate of drug-likeness (QED) is 0.0925. The molecular formula is C37H35N3O5S. The molecule has 2 heterocycles. The number of fused-ring (bicyclic) bond motifs is 3. The van der Waals surface area contributed by atoms with E-state index in [1.807, 2.05) is 48.7 Å². The van der Waals surface area contributed by atoms with Crippen molar-refractivity contribution < 1.29 is 24.1 Å². The van der Waals surface area contributed by atoms with E-state index in [9.17, 15) is 14.4 Å². The number of benzene rings is 3. The summed E-state index contributed by atoms with van der Waals surface area (Å²) in [7, 11) is 0. The molecule has 1 unspecified atom stereocenters. The van der Waals surface area contributed by atoms with Crippen molar-refractivity contribution in [1.29, 1.82) is 0 Å². The Hall–Kier alpha value is -5.28. The molecule has 0 aliphatic carbocycles. The predicted molar refractivity (Wildman–Crippen MR) is 185 cm³/mol. The van der Waals surface area contributed by atoms with Gasteiger partial charge in [-0.25, -0.2) is 4.79 Å². The van der Waals surface area contributed by atoms with Gasteiger partial charge in [-0.3, -0.25) is 9.59 Å². The highest BCUT2D eigenvalue weighted by Gasteiger charge is 2.22. The maximum Gasteiger partial charge on any atom is 0.331 e. The fourth-order valence-electron chi connectivity index (χ4n) is 5.50. The van der Waals surface area contributed by atoms with Gasteiger partial charge in [0.1, 0.15) is 0 Å². The van der Waals surface area contributed by atoms with Crippen LogP contribution in [-0.4, -0.2) is 39.2 Å². The number of hydroxylamine groups is 2. The minimum Gasteiger partial charge on any atom is -0.338 e. The van der Waals surface area contributed by atoms with Crippen LogP contribution < -0.4 is 0 Å². The third kappa shape index (κ3) is 6.69. The summed E-state index contributed by atoms with van der Waals surface area (Å²) in [6.45, 7) is 16.3. The normalized spacial score (nSPS) is 12.2. The molecule has 5 rings (SSSR count). The first-order chi connectivity index (χ1) is 21.9. The van der Waals surface area contributed by atoms with Crippen LogP contribution >= 0.6 is 11.3 Å². The topological polar surface area (TPSA) is 90.2 Å². The zero-order valence-corrected chi connectivity index (χ0v) is 27.3. The molecule has 9 heteroatoms. The summed E-state index contributed by atoms with van der Waals surface area (Å²) >= 11 is 1.65. The van der Waals surface area contributed by atoms with E-state index in [0.29, 0.717) is 12.1 Å². The van der Waals surface area contributed by atoms with E-state index in [4.69, 9.17) is 9.68 Å². The maximum absolute atomic E-state index is 12.2. The van der Waals surface area contributed by atoms with Gasteiger partial charge in [-0.2, -0.15) is 5.06 Å². The molecule has 0 aliphatic rings. The lowest BCUT2D eigenvalue weighted by Gasteiger charge is -2.26. The van der Waals surface area contributed by atoms with Crippen molar-refractivity contribution in [1.82, 2.24) is 9.63 Å². The van der Waals surface area contributed by atoms with Crippen molar-refractivity contribution >= 4 is 67.8 Å². The molecule has 0 fully saturated rings. The highest BCUT2D eigenvalue weighted by Crippen LogP contribution is 2.37. The second-order valence-electron chi connectivity index (χ2n) is 11.1. The molecule has 0 saturated heterocycles. The Bertz CT molecular complexity index is 2020. The number of nitrogens with zero attached hydrogens (tertiary/aromatic N) is 3. The van der Waals surface area contributed by atoms with Crippen LogP contribution in [0.1, 0.15) is 62.6 Å². The van der Waals surface area contributed by atoms with Crippen LogP contribution in [0.5, 0.6) is 0 Å². The molecule has 0 aliphatic heterocycles. The third-order valence-corrected chi connectivity index (χ3v) is 8.60. The number of carbonyl (C=O) groups is 3. The van der Waals surface area contributed by atoms with Gasteiger partial charge in [-0.1, -0.05) is 48.6 Å². The summed E-state index contributed by atoms with van der Waals surface area (Å²) in [5, 5.41) is 9.14. The Morgan fingerprint density at radius 2 is 1.46 bits per heavy atom. The Labute approximate surface area is 271 Å². The number of carbonyl (C=O) groups excluding carboxylic acids is 3. The van der Waals surface area contributed by atoms with Crippen LogP contribution in [0.25, 0.3) is 38.6 Å². The zero-order valence-electron chi connectivity index (χ0n) is 26.5. The molecule has 5 aromatic rings. The zero-order chi connectivity index (χ0) is 33.1. The first-order valence-electron chi connectivity index (χ1n) is 14.8. The maximum atomic E-state index is 12.2. The lowest BCUT2D eigenvalue weighted by Crippen LogP contribution is -2.38. The highest BCUT2D eigenvalue weighted by atomic mass is 32.1. The molecule has 234 valence electrons. The number of amides is 1. The summed E-state index contributed by atoms with van der Waals surface area (Å²) in [4.78, 5) is 46.1. The predicted octanol–water partition coefficient (Wildman–Crippen LogP) is 8.31. The summed E-state index contributed by atoms with van der Waals surface area (Å²) in [6, 6.07) is 24.2. The Morgan fingerprint density at radius 1 is 0.848 bits per heavy atom. The minimum atomic E-state index is -0.554. The summed E-state index contributed by atoms with van der Waals surface area (Å²) in [5.41, 5.74) is 8.10. The Balaban J connectivity index is 1.60. The molecule has 0 saturated carbocycles. The average Bonchev–Trinajstić information content (AvgIpc) is 3.68. The van der Waals surface area contributed by atoms with Gasteiger partial charge in [0.15, 0.2) is 0 Å². The number of thiophene rings is 1. The molecule has 8 nitrogen and oxygen atoms in total. The molecule has 0 spiro atoms. The van der Waals surface area contributed by atoms with E-state index in [0.717, 1.165) is 65.3 Å². The van der Waals surface area contributed by atoms with Gasteiger partial charge in [-0.05, 0) is 95.9 Å². The van der Waals surface area contributed by atoms with E-state index < -0.39 is 18.0 Å². The smallest absolute Gasteiger partial charge is 0.331 e. The standard InChI is InChI=1S/C37H35N3O5S/c1-22(19-23(2)40(26(5)41)45-28(7)43)30-12-16-35-33(20-30)34-21-31(24(3)37-9-8-18-46-37)13-17-36(34)39(35)32-14-10-29(11-15-32)25(4)38-44-27(6)42/h8-18,20-21,23H,1,3,19H2,2,4-7H3/b38-25-.